The summed E-state index contributed by atoms with van der Waals surface area (Å²) < 4.78 is 5.16. The van der Waals surface area contributed by atoms with Gasteiger partial charge in [0.15, 0.2) is 5.82 Å². The van der Waals surface area contributed by atoms with Crippen LogP contribution in [0, 0.1) is 17.8 Å². The summed E-state index contributed by atoms with van der Waals surface area (Å²) in [5.74, 6) is 1.34. The highest BCUT2D eigenvalue weighted by atomic mass is 16.5. The van der Waals surface area contributed by atoms with Gasteiger partial charge in [-0.05, 0) is 31.1 Å². The first-order valence-electron chi connectivity index (χ1n) is 7.35. The number of hydrogen-bond acceptors (Lipinski definition) is 5. The van der Waals surface area contributed by atoms with Crippen LogP contribution in [0.15, 0.2) is 4.52 Å². The second kappa shape index (κ2) is 5.16. The zero-order valence-corrected chi connectivity index (χ0v) is 11.9. The number of nitrogens with one attached hydrogen (secondary N) is 1. The van der Waals surface area contributed by atoms with E-state index in [0.29, 0.717) is 30.1 Å². The number of hydrogen-bond donors (Lipinski definition) is 2. The van der Waals surface area contributed by atoms with Crippen LogP contribution in [0.25, 0.3) is 0 Å². The lowest BCUT2D eigenvalue weighted by Crippen LogP contribution is -2.44. The molecule has 2 aliphatic carbocycles. The fourth-order valence-corrected chi connectivity index (χ4v) is 3.72. The van der Waals surface area contributed by atoms with E-state index in [0.717, 1.165) is 19.3 Å². The summed E-state index contributed by atoms with van der Waals surface area (Å²) >= 11 is 0. The maximum absolute atomic E-state index is 11.4. The maximum atomic E-state index is 11.4. The highest BCUT2D eigenvalue weighted by molar-refractivity contribution is 5.72. The molecule has 2 bridgehead atoms. The van der Waals surface area contributed by atoms with Crippen LogP contribution < -0.4 is 5.32 Å². The second-order valence-electron chi connectivity index (χ2n) is 6.31. The molecule has 0 aromatic carbocycles. The third-order valence-corrected chi connectivity index (χ3v) is 4.68. The van der Waals surface area contributed by atoms with E-state index in [1.807, 2.05) is 13.8 Å². The van der Waals surface area contributed by atoms with E-state index >= 15 is 0 Å². The number of rotatable bonds is 5. The molecule has 110 valence electrons. The van der Waals surface area contributed by atoms with Crippen LogP contribution in [0.3, 0.4) is 0 Å². The Hall–Kier alpha value is -1.43. The molecule has 4 unspecified atom stereocenters. The Balaban J connectivity index is 1.63. The molecule has 6 heteroatoms. The summed E-state index contributed by atoms with van der Waals surface area (Å²) in [5.41, 5.74) is 0. The SMILES string of the molecule is CC(C)c1nc(CNC2C3CCC(C3)C2C(=O)O)no1. The predicted molar refractivity (Wildman–Crippen MR) is 71.0 cm³/mol. The Labute approximate surface area is 117 Å². The molecule has 0 amide bonds. The molecule has 2 fully saturated rings. The maximum Gasteiger partial charge on any atom is 0.308 e. The first-order chi connectivity index (χ1) is 9.56. The average Bonchev–Trinajstić information content (AvgIpc) is 3.10. The zero-order chi connectivity index (χ0) is 14.3. The van der Waals surface area contributed by atoms with Crippen molar-refractivity contribution in [3.63, 3.8) is 0 Å². The first kappa shape index (κ1) is 13.5. The molecule has 1 aromatic heterocycles. The summed E-state index contributed by atoms with van der Waals surface area (Å²) in [5, 5.41) is 16.7. The van der Waals surface area contributed by atoms with Crippen molar-refractivity contribution in [1.29, 1.82) is 0 Å². The molecular formula is C14H21N3O3. The Bertz CT molecular complexity index is 500. The summed E-state index contributed by atoms with van der Waals surface area (Å²) in [6.07, 6.45) is 3.23. The lowest BCUT2D eigenvalue weighted by molar-refractivity contribution is -0.144. The van der Waals surface area contributed by atoms with Crippen molar-refractivity contribution in [2.24, 2.45) is 17.8 Å². The normalized spacial score (nSPS) is 32.1. The van der Waals surface area contributed by atoms with Crippen LogP contribution in [-0.2, 0) is 11.3 Å². The minimum atomic E-state index is -0.675. The van der Waals surface area contributed by atoms with E-state index in [2.05, 4.69) is 15.5 Å². The molecule has 1 aromatic rings. The van der Waals surface area contributed by atoms with Crippen molar-refractivity contribution in [2.45, 2.75) is 51.6 Å². The number of aliphatic carboxylic acids is 1. The van der Waals surface area contributed by atoms with Crippen LogP contribution >= 0.6 is 0 Å². The molecule has 6 nitrogen and oxygen atoms in total. The van der Waals surface area contributed by atoms with Crippen LogP contribution in [0.1, 0.15) is 50.7 Å². The van der Waals surface area contributed by atoms with Crippen LogP contribution in [0.2, 0.25) is 0 Å². The van der Waals surface area contributed by atoms with E-state index in [1.165, 1.54) is 0 Å². The number of nitrogens with zero attached hydrogens (tertiary/aromatic N) is 2. The summed E-state index contributed by atoms with van der Waals surface area (Å²) in [7, 11) is 0. The lowest BCUT2D eigenvalue weighted by Gasteiger charge is -2.28. The number of carboxylic acid groups (broad SMARTS) is 1. The summed E-state index contributed by atoms with van der Waals surface area (Å²) in [6, 6.07) is 0.0484. The number of fused-ring (bicyclic) bond motifs is 2. The van der Waals surface area contributed by atoms with Gasteiger partial charge in [-0.3, -0.25) is 4.79 Å². The molecule has 4 atom stereocenters. The monoisotopic (exact) mass is 279 g/mol. The number of carbonyl (C=O) groups is 1. The molecule has 0 saturated heterocycles. The highest BCUT2D eigenvalue weighted by Crippen LogP contribution is 2.48. The van der Waals surface area contributed by atoms with Crippen molar-refractivity contribution in [2.75, 3.05) is 0 Å². The van der Waals surface area contributed by atoms with Crippen LogP contribution in [0.4, 0.5) is 0 Å². The molecule has 0 spiro atoms. The van der Waals surface area contributed by atoms with Crippen molar-refractivity contribution in [1.82, 2.24) is 15.5 Å². The van der Waals surface area contributed by atoms with Gasteiger partial charge >= 0.3 is 5.97 Å². The molecule has 1 heterocycles. The fourth-order valence-electron chi connectivity index (χ4n) is 3.72. The average molecular weight is 279 g/mol. The molecule has 3 rings (SSSR count). The van der Waals surface area contributed by atoms with Gasteiger partial charge in [-0.2, -0.15) is 4.98 Å². The quantitative estimate of drug-likeness (QED) is 0.854. The van der Waals surface area contributed by atoms with E-state index in [4.69, 9.17) is 4.52 Å². The van der Waals surface area contributed by atoms with Gasteiger partial charge in [0.1, 0.15) is 0 Å². The zero-order valence-electron chi connectivity index (χ0n) is 11.9. The molecule has 20 heavy (non-hydrogen) atoms. The molecule has 2 N–H and O–H groups in total. The van der Waals surface area contributed by atoms with Gasteiger partial charge in [-0.1, -0.05) is 19.0 Å². The van der Waals surface area contributed by atoms with Crippen molar-refractivity contribution < 1.29 is 14.4 Å². The Morgan fingerprint density at radius 1 is 1.45 bits per heavy atom. The Morgan fingerprint density at radius 2 is 2.20 bits per heavy atom. The Kier molecular flexibility index (Phi) is 3.50. The standard InChI is InChI=1S/C14H21N3O3/c1-7(2)13-16-10(17-20-13)6-15-12-9-4-3-8(5-9)11(12)14(18)19/h7-9,11-12,15H,3-6H2,1-2H3,(H,18,19). The van der Waals surface area contributed by atoms with Crippen molar-refractivity contribution >= 4 is 5.97 Å². The topological polar surface area (TPSA) is 88.2 Å². The smallest absolute Gasteiger partial charge is 0.308 e. The van der Waals surface area contributed by atoms with E-state index in [1.54, 1.807) is 0 Å². The second-order valence-corrected chi connectivity index (χ2v) is 6.31. The fraction of sp³-hybridized carbons (Fsp3) is 0.786. The number of carboxylic acids is 1. The third-order valence-electron chi connectivity index (χ3n) is 4.68. The van der Waals surface area contributed by atoms with E-state index in [-0.39, 0.29) is 17.9 Å². The summed E-state index contributed by atoms with van der Waals surface area (Å²) in [6.45, 7) is 4.48. The lowest BCUT2D eigenvalue weighted by atomic mass is 9.84. The van der Waals surface area contributed by atoms with Crippen LogP contribution in [0.5, 0.6) is 0 Å². The van der Waals surface area contributed by atoms with E-state index in [9.17, 15) is 9.90 Å². The third kappa shape index (κ3) is 2.32. The minimum absolute atomic E-state index is 0.0484. The predicted octanol–water partition coefficient (Wildman–Crippen LogP) is 1.78. The molecule has 0 aliphatic heterocycles. The van der Waals surface area contributed by atoms with Gasteiger partial charge in [0, 0.05) is 12.0 Å². The van der Waals surface area contributed by atoms with Crippen molar-refractivity contribution in [3.05, 3.63) is 11.7 Å². The van der Waals surface area contributed by atoms with E-state index < -0.39 is 5.97 Å². The molecule has 2 saturated carbocycles. The van der Waals surface area contributed by atoms with Crippen molar-refractivity contribution in [3.8, 4) is 0 Å². The Morgan fingerprint density at radius 3 is 2.85 bits per heavy atom. The van der Waals surface area contributed by atoms with Gasteiger partial charge < -0.3 is 14.9 Å². The molecule has 2 aliphatic rings. The van der Waals surface area contributed by atoms with Gasteiger partial charge in [0.25, 0.3) is 0 Å². The largest absolute Gasteiger partial charge is 0.481 e. The van der Waals surface area contributed by atoms with Gasteiger partial charge in [-0.15, -0.1) is 0 Å². The highest BCUT2D eigenvalue weighted by Gasteiger charge is 2.50. The number of aromatic nitrogens is 2. The first-order valence-corrected chi connectivity index (χ1v) is 7.35. The molecule has 0 radical (unpaired) electrons. The van der Waals surface area contributed by atoms with Gasteiger partial charge in [0.05, 0.1) is 12.5 Å². The summed E-state index contributed by atoms with van der Waals surface area (Å²) in [4.78, 5) is 15.7. The van der Waals surface area contributed by atoms with Gasteiger partial charge in [0.2, 0.25) is 5.89 Å². The minimum Gasteiger partial charge on any atom is -0.481 e. The van der Waals surface area contributed by atoms with Crippen LogP contribution in [-0.4, -0.2) is 27.3 Å². The molecular weight excluding hydrogens is 258 g/mol. The van der Waals surface area contributed by atoms with Gasteiger partial charge in [-0.25, -0.2) is 0 Å².